The standard InChI is InChI=1S/C23H22N4O3S2/c1-4-15-10-6-7-11-16(15)24-18(28)13-26-20-19(32-22(25-20)31-3)21(29)27(23(26)30)17-12-8-5-9-14(17)2/h5-12H,4,13H2,1-3H3,(H,24,28). The number of nitrogens with zero attached hydrogens (tertiary/aromatic N) is 3. The average molecular weight is 467 g/mol. The number of nitrogens with one attached hydrogen (secondary N) is 1. The first-order valence-electron chi connectivity index (χ1n) is 10.1. The van der Waals surface area contributed by atoms with E-state index < -0.39 is 11.2 Å². The molecule has 1 N–H and O–H groups in total. The summed E-state index contributed by atoms with van der Waals surface area (Å²) in [4.78, 5) is 44.1. The van der Waals surface area contributed by atoms with Gasteiger partial charge in [0, 0.05) is 5.69 Å². The highest BCUT2D eigenvalue weighted by Crippen LogP contribution is 2.26. The molecule has 0 spiro atoms. The molecule has 2 aromatic carbocycles. The second kappa shape index (κ2) is 9.13. The van der Waals surface area contributed by atoms with Crippen LogP contribution >= 0.6 is 23.1 Å². The van der Waals surface area contributed by atoms with E-state index >= 15 is 0 Å². The van der Waals surface area contributed by atoms with Crippen molar-refractivity contribution < 1.29 is 4.79 Å². The predicted octanol–water partition coefficient (Wildman–Crippen LogP) is 3.84. The highest BCUT2D eigenvalue weighted by atomic mass is 32.2. The van der Waals surface area contributed by atoms with Crippen LogP contribution in [-0.4, -0.2) is 26.3 Å². The van der Waals surface area contributed by atoms with E-state index in [9.17, 15) is 14.4 Å². The summed E-state index contributed by atoms with van der Waals surface area (Å²) in [6.07, 6.45) is 2.62. The van der Waals surface area contributed by atoms with E-state index in [0.29, 0.717) is 20.4 Å². The SMILES string of the molecule is CCc1ccccc1NC(=O)Cn1c(=O)n(-c2ccccc2C)c(=O)c2sc(SC)nc21. The van der Waals surface area contributed by atoms with Gasteiger partial charge in [0.15, 0.2) is 9.99 Å². The molecule has 0 atom stereocenters. The molecule has 0 bridgehead atoms. The van der Waals surface area contributed by atoms with Crippen LogP contribution in [0.4, 0.5) is 5.69 Å². The number of carbonyl (C=O) groups excluding carboxylic acids is 1. The second-order valence-corrected chi connectivity index (χ2v) is 9.24. The summed E-state index contributed by atoms with van der Waals surface area (Å²) in [5.74, 6) is -0.358. The molecule has 164 valence electrons. The zero-order chi connectivity index (χ0) is 22.8. The van der Waals surface area contributed by atoms with Crippen molar-refractivity contribution in [2.24, 2.45) is 0 Å². The smallest absolute Gasteiger partial charge is 0.324 e. The zero-order valence-electron chi connectivity index (χ0n) is 17.9. The van der Waals surface area contributed by atoms with E-state index in [2.05, 4.69) is 10.3 Å². The van der Waals surface area contributed by atoms with Gasteiger partial charge < -0.3 is 5.32 Å². The van der Waals surface area contributed by atoms with Crippen molar-refractivity contribution in [3.8, 4) is 5.69 Å². The van der Waals surface area contributed by atoms with Gasteiger partial charge in [0.05, 0.1) is 5.69 Å². The maximum atomic E-state index is 13.5. The van der Waals surface area contributed by atoms with Gasteiger partial charge in [-0.05, 0) is 42.9 Å². The van der Waals surface area contributed by atoms with Crippen LogP contribution in [0, 0.1) is 6.92 Å². The molecule has 9 heteroatoms. The third kappa shape index (κ3) is 4.01. The summed E-state index contributed by atoms with van der Waals surface area (Å²) in [6, 6.07) is 14.7. The largest absolute Gasteiger partial charge is 0.337 e. The fraction of sp³-hybridized carbons (Fsp3) is 0.217. The van der Waals surface area contributed by atoms with Crippen LogP contribution < -0.4 is 16.6 Å². The summed E-state index contributed by atoms with van der Waals surface area (Å²) >= 11 is 2.62. The molecule has 0 radical (unpaired) electrons. The van der Waals surface area contributed by atoms with Gasteiger partial charge in [0.25, 0.3) is 5.56 Å². The van der Waals surface area contributed by atoms with Gasteiger partial charge in [-0.25, -0.2) is 14.3 Å². The lowest BCUT2D eigenvalue weighted by Gasteiger charge is -2.14. The van der Waals surface area contributed by atoms with Crippen LogP contribution in [0.15, 0.2) is 62.5 Å². The van der Waals surface area contributed by atoms with Crippen molar-refractivity contribution in [1.29, 1.82) is 0 Å². The average Bonchev–Trinajstić information content (AvgIpc) is 3.23. The van der Waals surface area contributed by atoms with Gasteiger partial charge >= 0.3 is 5.69 Å². The summed E-state index contributed by atoms with van der Waals surface area (Å²) in [5.41, 5.74) is 2.21. The quantitative estimate of drug-likeness (QED) is 0.437. The molecule has 0 fully saturated rings. The molecule has 0 saturated heterocycles. The molecule has 0 unspecified atom stereocenters. The summed E-state index contributed by atoms with van der Waals surface area (Å²) in [7, 11) is 0. The number of thioether (sulfide) groups is 1. The Morgan fingerprint density at radius 3 is 2.56 bits per heavy atom. The predicted molar refractivity (Wildman–Crippen MR) is 130 cm³/mol. The molecule has 2 aromatic heterocycles. The molecule has 0 aliphatic carbocycles. The first-order valence-corrected chi connectivity index (χ1v) is 12.1. The zero-order valence-corrected chi connectivity index (χ0v) is 19.5. The van der Waals surface area contributed by atoms with Crippen LogP contribution in [0.3, 0.4) is 0 Å². The van der Waals surface area contributed by atoms with Crippen molar-refractivity contribution in [1.82, 2.24) is 14.1 Å². The number of aromatic nitrogens is 3. The highest BCUT2D eigenvalue weighted by Gasteiger charge is 2.21. The molecule has 7 nitrogen and oxygen atoms in total. The maximum Gasteiger partial charge on any atom is 0.337 e. The topological polar surface area (TPSA) is 86.0 Å². The Hall–Kier alpha value is -3.17. The molecule has 0 aliphatic heterocycles. The van der Waals surface area contributed by atoms with Crippen LogP contribution in [0.2, 0.25) is 0 Å². The minimum absolute atomic E-state index is 0.234. The van der Waals surface area contributed by atoms with E-state index in [1.54, 1.807) is 12.1 Å². The third-order valence-electron chi connectivity index (χ3n) is 5.17. The molecule has 1 amide bonds. The van der Waals surface area contributed by atoms with Gasteiger partial charge in [-0.2, -0.15) is 0 Å². The van der Waals surface area contributed by atoms with E-state index in [1.807, 2.05) is 56.5 Å². The Morgan fingerprint density at radius 2 is 1.84 bits per heavy atom. The van der Waals surface area contributed by atoms with Gasteiger partial charge in [-0.1, -0.05) is 55.1 Å². The fourth-order valence-electron chi connectivity index (χ4n) is 3.56. The highest BCUT2D eigenvalue weighted by molar-refractivity contribution is 8.00. The van der Waals surface area contributed by atoms with Crippen molar-refractivity contribution in [3.63, 3.8) is 0 Å². The number of fused-ring (bicyclic) bond motifs is 1. The number of amides is 1. The molecule has 0 aliphatic rings. The number of anilines is 1. The van der Waals surface area contributed by atoms with Crippen LogP contribution in [-0.2, 0) is 17.8 Å². The first-order chi connectivity index (χ1) is 15.4. The molecular weight excluding hydrogens is 444 g/mol. The Kier molecular flexibility index (Phi) is 6.29. The molecule has 4 aromatic rings. The minimum Gasteiger partial charge on any atom is -0.324 e. The van der Waals surface area contributed by atoms with Gasteiger partial charge in [0.2, 0.25) is 5.91 Å². The fourth-order valence-corrected chi connectivity index (χ4v) is 5.05. The van der Waals surface area contributed by atoms with E-state index in [0.717, 1.165) is 22.1 Å². The number of thiazole rings is 1. The van der Waals surface area contributed by atoms with Crippen LogP contribution in [0.1, 0.15) is 18.1 Å². The number of rotatable bonds is 6. The van der Waals surface area contributed by atoms with Gasteiger partial charge in [-0.3, -0.25) is 14.2 Å². The first kappa shape index (κ1) is 22.0. The minimum atomic E-state index is -0.589. The normalized spacial score (nSPS) is 11.1. The van der Waals surface area contributed by atoms with E-state index in [1.165, 1.54) is 27.7 Å². The molecule has 32 heavy (non-hydrogen) atoms. The van der Waals surface area contributed by atoms with Crippen molar-refractivity contribution in [2.75, 3.05) is 11.6 Å². The number of aryl methyl sites for hydroxylation is 2. The second-order valence-electron chi connectivity index (χ2n) is 7.19. The lowest BCUT2D eigenvalue weighted by Crippen LogP contribution is -2.40. The molecule has 0 saturated carbocycles. The number of hydrogen-bond acceptors (Lipinski definition) is 6. The summed E-state index contributed by atoms with van der Waals surface area (Å²) in [5, 5.41) is 2.89. The number of carbonyl (C=O) groups is 1. The van der Waals surface area contributed by atoms with Crippen molar-refractivity contribution in [2.45, 2.75) is 31.2 Å². The Morgan fingerprint density at radius 1 is 1.12 bits per heavy atom. The van der Waals surface area contributed by atoms with Crippen LogP contribution in [0.5, 0.6) is 0 Å². The molecule has 2 heterocycles. The lowest BCUT2D eigenvalue weighted by atomic mass is 10.1. The summed E-state index contributed by atoms with van der Waals surface area (Å²) < 4.78 is 3.42. The maximum absolute atomic E-state index is 13.5. The van der Waals surface area contributed by atoms with Gasteiger partial charge in [-0.15, -0.1) is 11.3 Å². The van der Waals surface area contributed by atoms with Crippen molar-refractivity contribution in [3.05, 3.63) is 80.5 Å². The number of hydrogen-bond donors (Lipinski definition) is 1. The van der Waals surface area contributed by atoms with Gasteiger partial charge in [0.1, 0.15) is 11.2 Å². The van der Waals surface area contributed by atoms with E-state index in [4.69, 9.17) is 0 Å². The Balaban J connectivity index is 1.86. The molecule has 4 rings (SSSR count). The number of para-hydroxylation sites is 2. The van der Waals surface area contributed by atoms with E-state index in [-0.39, 0.29) is 18.1 Å². The number of benzene rings is 2. The lowest BCUT2D eigenvalue weighted by molar-refractivity contribution is -0.116. The monoisotopic (exact) mass is 466 g/mol. The Labute approximate surface area is 192 Å². The van der Waals surface area contributed by atoms with Crippen molar-refractivity contribution >= 4 is 45.0 Å². The molecular formula is C23H22N4O3S2. The third-order valence-corrected chi connectivity index (χ3v) is 7.19. The summed E-state index contributed by atoms with van der Waals surface area (Å²) in [6.45, 7) is 3.59. The Bertz CT molecular complexity index is 1440. The van der Waals surface area contributed by atoms with Crippen LogP contribution in [0.25, 0.3) is 16.0 Å².